The van der Waals surface area contributed by atoms with E-state index in [0.29, 0.717) is 28.0 Å². The molecule has 1 amide bonds. The number of benzene rings is 1. The lowest BCUT2D eigenvalue weighted by molar-refractivity contribution is 0.102. The smallest absolute Gasteiger partial charge is 0.274 e. The number of amides is 1. The topological polar surface area (TPSA) is 96.5 Å². The molecule has 0 aliphatic rings. The van der Waals surface area contributed by atoms with E-state index in [-0.39, 0.29) is 5.91 Å². The highest BCUT2D eigenvalue weighted by Gasteiger charge is 2.16. The van der Waals surface area contributed by atoms with Gasteiger partial charge in [0, 0.05) is 30.4 Å². The van der Waals surface area contributed by atoms with Crippen LogP contribution < -0.4 is 5.32 Å². The molecule has 0 radical (unpaired) electrons. The first-order valence-corrected chi connectivity index (χ1v) is 7.28. The van der Waals surface area contributed by atoms with Gasteiger partial charge in [0.05, 0.1) is 17.4 Å². The van der Waals surface area contributed by atoms with Gasteiger partial charge in [0.1, 0.15) is 11.2 Å². The van der Waals surface area contributed by atoms with Crippen molar-refractivity contribution in [1.82, 2.24) is 25.1 Å². The van der Waals surface area contributed by atoms with Crippen LogP contribution in [0.4, 0.5) is 5.69 Å². The van der Waals surface area contributed by atoms with Crippen LogP contribution in [0.15, 0.2) is 61.3 Å². The van der Waals surface area contributed by atoms with Gasteiger partial charge < -0.3 is 5.32 Å². The van der Waals surface area contributed by atoms with Gasteiger partial charge in [-0.3, -0.25) is 24.8 Å². The van der Waals surface area contributed by atoms with Gasteiger partial charge in [-0.1, -0.05) is 6.07 Å². The molecule has 0 aliphatic carbocycles. The Labute approximate surface area is 136 Å². The number of nitrogens with one attached hydrogen (secondary N) is 2. The maximum absolute atomic E-state index is 12.7. The molecular weight excluding hydrogens is 304 g/mol. The van der Waals surface area contributed by atoms with E-state index >= 15 is 0 Å². The monoisotopic (exact) mass is 316 g/mol. The molecule has 4 rings (SSSR count). The minimum absolute atomic E-state index is 0.294. The van der Waals surface area contributed by atoms with Crippen LogP contribution >= 0.6 is 0 Å². The molecular formula is C17H12N6O. The van der Waals surface area contributed by atoms with Crippen molar-refractivity contribution in [3.8, 4) is 11.1 Å². The van der Waals surface area contributed by atoms with Gasteiger partial charge in [0.2, 0.25) is 0 Å². The Kier molecular flexibility index (Phi) is 3.43. The van der Waals surface area contributed by atoms with Crippen molar-refractivity contribution in [2.75, 3.05) is 5.32 Å². The Morgan fingerprint density at radius 2 is 1.83 bits per heavy atom. The molecule has 0 spiro atoms. The number of anilines is 1. The predicted octanol–water partition coefficient (Wildman–Crippen LogP) is 2.67. The number of carbonyl (C=O) groups excluding carboxylic acids is 1. The molecule has 2 N–H and O–H groups in total. The van der Waals surface area contributed by atoms with Crippen LogP contribution in [-0.2, 0) is 0 Å². The van der Waals surface area contributed by atoms with Gasteiger partial charge in [0.15, 0.2) is 0 Å². The lowest BCUT2D eigenvalue weighted by Crippen LogP contribution is -2.14. The SMILES string of the molecule is O=C(Nc1cccc2nccnc12)c1[nH]ncc1-c1ccncc1. The van der Waals surface area contributed by atoms with Crippen LogP contribution in [0, 0.1) is 0 Å². The summed E-state index contributed by atoms with van der Waals surface area (Å²) >= 11 is 0. The van der Waals surface area contributed by atoms with Gasteiger partial charge in [0.25, 0.3) is 5.91 Å². The van der Waals surface area contributed by atoms with Crippen LogP contribution in [0.3, 0.4) is 0 Å². The fourth-order valence-corrected chi connectivity index (χ4v) is 2.49. The Hall–Kier alpha value is -3.61. The number of pyridine rings is 1. The van der Waals surface area contributed by atoms with Crippen molar-refractivity contribution in [2.24, 2.45) is 0 Å². The van der Waals surface area contributed by atoms with Crippen LogP contribution in [-0.4, -0.2) is 31.1 Å². The molecule has 116 valence electrons. The molecule has 24 heavy (non-hydrogen) atoms. The highest BCUT2D eigenvalue weighted by molar-refractivity contribution is 6.10. The third-order valence-electron chi connectivity index (χ3n) is 3.60. The van der Waals surface area contributed by atoms with Gasteiger partial charge in [-0.25, -0.2) is 0 Å². The largest absolute Gasteiger partial charge is 0.319 e. The average Bonchev–Trinajstić information content (AvgIpc) is 3.13. The van der Waals surface area contributed by atoms with E-state index < -0.39 is 0 Å². The first-order chi connectivity index (χ1) is 11.8. The fourth-order valence-electron chi connectivity index (χ4n) is 2.49. The van der Waals surface area contributed by atoms with E-state index in [1.807, 2.05) is 24.3 Å². The van der Waals surface area contributed by atoms with E-state index in [0.717, 1.165) is 5.56 Å². The van der Waals surface area contributed by atoms with E-state index in [2.05, 4.69) is 30.5 Å². The van der Waals surface area contributed by atoms with E-state index in [1.54, 1.807) is 37.1 Å². The van der Waals surface area contributed by atoms with Crippen molar-refractivity contribution in [3.05, 3.63) is 67.0 Å². The predicted molar refractivity (Wildman–Crippen MR) is 89.3 cm³/mol. The van der Waals surface area contributed by atoms with E-state index in [9.17, 15) is 4.79 Å². The van der Waals surface area contributed by atoms with Crippen molar-refractivity contribution in [3.63, 3.8) is 0 Å². The van der Waals surface area contributed by atoms with Crippen LogP contribution in [0.5, 0.6) is 0 Å². The van der Waals surface area contributed by atoms with Gasteiger partial charge in [-0.2, -0.15) is 5.10 Å². The second kappa shape index (κ2) is 5.88. The van der Waals surface area contributed by atoms with Crippen molar-refractivity contribution in [1.29, 1.82) is 0 Å². The number of para-hydroxylation sites is 1. The molecule has 3 heterocycles. The van der Waals surface area contributed by atoms with Crippen molar-refractivity contribution in [2.45, 2.75) is 0 Å². The summed E-state index contributed by atoms with van der Waals surface area (Å²) in [6.07, 6.45) is 8.17. The summed E-state index contributed by atoms with van der Waals surface area (Å²) in [5.41, 5.74) is 3.90. The molecule has 0 saturated heterocycles. The number of aromatic amines is 1. The molecule has 1 aromatic carbocycles. The molecule has 7 heteroatoms. The quantitative estimate of drug-likeness (QED) is 0.605. The summed E-state index contributed by atoms with van der Waals surface area (Å²) < 4.78 is 0. The van der Waals surface area contributed by atoms with Crippen molar-refractivity contribution >= 4 is 22.6 Å². The van der Waals surface area contributed by atoms with Crippen molar-refractivity contribution < 1.29 is 4.79 Å². The molecule has 0 saturated carbocycles. The normalized spacial score (nSPS) is 10.7. The number of carbonyl (C=O) groups is 1. The number of hydrogen-bond acceptors (Lipinski definition) is 5. The molecule has 3 aromatic heterocycles. The highest BCUT2D eigenvalue weighted by atomic mass is 16.1. The van der Waals surface area contributed by atoms with Crippen LogP contribution in [0.1, 0.15) is 10.5 Å². The minimum Gasteiger partial charge on any atom is -0.319 e. The zero-order chi connectivity index (χ0) is 16.4. The third-order valence-corrected chi connectivity index (χ3v) is 3.60. The average molecular weight is 316 g/mol. The number of H-pyrrole nitrogens is 1. The zero-order valence-corrected chi connectivity index (χ0v) is 12.5. The molecule has 0 aliphatic heterocycles. The molecule has 0 bridgehead atoms. The lowest BCUT2D eigenvalue weighted by Gasteiger charge is -2.08. The summed E-state index contributed by atoms with van der Waals surface area (Å²) in [5.74, 6) is -0.294. The van der Waals surface area contributed by atoms with Gasteiger partial charge in [-0.05, 0) is 29.8 Å². The zero-order valence-electron chi connectivity index (χ0n) is 12.5. The standard InChI is InChI=1S/C17H12N6O/c24-17(15-12(10-21-23-15)11-4-6-18-7-5-11)22-14-3-1-2-13-16(14)20-9-8-19-13/h1-10H,(H,21,23)(H,22,24). The Morgan fingerprint density at radius 1 is 1.00 bits per heavy atom. The molecule has 0 unspecified atom stereocenters. The maximum Gasteiger partial charge on any atom is 0.274 e. The van der Waals surface area contributed by atoms with Gasteiger partial charge >= 0.3 is 0 Å². The summed E-state index contributed by atoms with van der Waals surface area (Å²) in [4.78, 5) is 25.2. The summed E-state index contributed by atoms with van der Waals surface area (Å²) in [7, 11) is 0. The van der Waals surface area contributed by atoms with Crippen LogP contribution in [0.25, 0.3) is 22.2 Å². The Bertz CT molecular complexity index is 1010. The minimum atomic E-state index is -0.294. The highest BCUT2D eigenvalue weighted by Crippen LogP contribution is 2.24. The van der Waals surface area contributed by atoms with E-state index in [1.165, 1.54) is 0 Å². The molecule has 7 nitrogen and oxygen atoms in total. The second-order valence-corrected chi connectivity index (χ2v) is 5.08. The number of fused-ring (bicyclic) bond motifs is 1. The summed E-state index contributed by atoms with van der Waals surface area (Å²) in [6.45, 7) is 0. The van der Waals surface area contributed by atoms with Gasteiger partial charge in [-0.15, -0.1) is 0 Å². The maximum atomic E-state index is 12.7. The Balaban J connectivity index is 1.70. The first kappa shape index (κ1) is 14.0. The summed E-state index contributed by atoms with van der Waals surface area (Å²) in [6, 6.07) is 9.10. The molecule has 0 atom stereocenters. The number of rotatable bonds is 3. The number of aromatic nitrogens is 5. The third kappa shape index (κ3) is 2.48. The molecule has 0 fully saturated rings. The Morgan fingerprint density at radius 3 is 2.71 bits per heavy atom. The lowest BCUT2D eigenvalue weighted by atomic mass is 10.1. The second-order valence-electron chi connectivity index (χ2n) is 5.08. The van der Waals surface area contributed by atoms with Crippen LogP contribution in [0.2, 0.25) is 0 Å². The fraction of sp³-hybridized carbons (Fsp3) is 0. The number of nitrogens with zero attached hydrogens (tertiary/aromatic N) is 4. The number of hydrogen-bond donors (Lipinski definition) is 2. The summed E-state index contributed by atoms with van der Waals surface area (Å²) in [5, 5.41) is 9.61. The van der Waals surface area contributed by atoms with E-state index in [4.69, 9.17) is 0 Å². The molecule has 4 aromatic rings. The first-order valence-electron chi connectivity index (χ1n) is 7.28.